The van der Waals surface area contributed by atoms with E-state index in [-0.39, 0.29) is 11.4 Å². The average Bonchev–Trinajstić information content (AvgIpc) is 2.62. The summed E-state index contributed by atoms with van der Waals surface area (Å²) >= 11 is 3.29. The second-order valence-electron chi connectivity index (χ2n) is 5.52. The Morgan fingerprint density at radius 1 is 1.07 bits per heavy atom. The molecule has 144 valence electrons. The molecule has 0 aromatic heterocycles. The standard InChI is InChI=1S/C17H17BrFN3O4S/c1-22(27(25,26)13-8-6-12(19)7-9-13)11-17(24)20-10-16(23)21-15-5-3-2-4-14(15)18/h2-9H,10-11H2,1H3,(H,20,24)(H,21,23). The Kier molecular flexibility index (Phi) is 7.05. The highest BCUT2D eigenvalue weighted by atomic mass is 79.9. The zero-order valence-electron chi connectivity index (χ0n) is 14.3. The van der Waals surface area contributed by atoms with Crippen LogP contribution >= 0.6 is 15.9 Å². The van der Waals surface area contributed by atoms with E-state index in [0.717, 1.165) is 28.6 Å². The Morgan fingerprint density at radius 2 is 1.70 bits per heavy atom. The zero-order valence-corrected chi connectivity index (χ0v) is 16.7. The van der Waals surface area contributed by atoms with Gasteiger partial charge in [-0.3, -0.25) is 9.59 Å². The molecule has 2 rings (SSSR count). The first-order valence-electron chi connectivity index (χ1n) is 7.73. The number of likely N-dealkylation sites (N-methyl/N-ethyl adjacent to an activating group) is 1. The third-order valence-electron chi connectivity index (χ3n) is 3.48. The van der Waals surface area contributed by atoms with Crippen molar-refractivity contribution in [2.24, 2.45) is 0 Å². The minimum absolute atomic E-state index is 0.133. The summed E-state index contributed by atoms with van der Waals surface area (Å²) in [7, 11) is -2.72. The van der Waals surface area contributed by atoms with Gasteiger partial charge in [0.15, 0.2) is 0 Å². The van der Waals surface area contributed by atoms with Gasteiger partial charge >= 0.3 is 0 Å². The molecule has 0 radical (unpaired) electrons. The Labute approximate surface area is 164 Å². The lowest BCUT2D eigenvalue weighted by molar-refractivity contribution is -0.124. The first kappa shape index (κ1) is 21.0. The maximum Gasteiger partial charge on any atom is 0.243 e. The molecule has 0 aliphatic heterocycles. The molecule has 10 heteroatoms. The maximum atomic E-state index is 12.9. The smallest absolute Gasteiger partial charge is 0.243 e. The summed E-state index contributed by atoms with van der Waals surface area (Å²) in [5.74, 6) is -1.67. The lowest BCUT2D eigenvalue weighted by atomic mass is 10.3. The molecule has 0 saturated carbocycles. The number of sulfonamides is 1. The van der Waals surface area contributed by atoms with E-state index in [1.54, 1.807) is 24.3 Å². The summed E-state index contributed by atoms with van der Waals surface area (Å²) in [6, 6.07) is 11.2. The highest BCUT2D eigenvalue weighted by molar-refractivity contribution is 9.10. The summed E-state index contributed by atoms with van der Waals surface area (Å²) < 4.78 is 39.1. The zero-order chi connectivity index (χ0) is 20.0. The number of carbonyl (C=O) groups excluding carboxylic acids is 2. The quantitative estimate of drug-likeness (QED) is 0.664. The van der Waals surface area contributed by atoms with Gasteiger partial charge in [-0.15, -0.1) is 0 Å². The number of benzene rings is 2. The van der Waals surface area contributed by atoms with Crippen LogP contribution in [-0.2, 0) is 19.6 Å². The van der Waals surface area contributed by atoms with E-state index in [4.69, 9.17) is 0 Å². The van der Waals surface area contributed by atoms with Crippen LogP contribution in [0.3, 0.4) is 0 Å². The van der Waals surface area contributed by atoms with Crippen molar-refractivity contribution in [3.8, 4) is 0 Å². The van der Waals surface area contributed by atoms with Crippen molar-refractivity contribution in [2.45, 2.75) is 4.90 Å². The summed E-state index contributed by atoms with van der Waals surface area (Å²) in [5, 5.41) is 4.97. The number of carbonyl (C=O) groups is 2. The van der Waals surface area contributed by atoms with Crippen molar-refractivity contribution in [2.75, 3.05) is 25.5 Å². The highest BCUT2D eigenvalue weighted by Gasteiger charge is 2.23. The van der Waals surface area contributed by atoms with Crippen LogP contribution in [0.5, 0.6) is 0 Å². The van der Waals surface area contributed by atoms with Gasteiger partial charge in [0, 0.05) is 11.5 Å². The summed E-state index contributed by atoms with van der Waals surface area (Å²) in [5.41, 5.74) is 0.549. The van der Waals surface area contributed by atoms with Crippen LogP contribution < -0.4 is 10.6 Å². The topological polar surface area (TPSA) is 95.6 Å². The lowest BCUT2D eigenvalue weighted by Gasteiger charge is -2.17. The van der Waals surface area contributed by atoms with E-state index in [1.807, 2.05) is 0 Å². The van der Waals surface area contributed by atoms with Crippen molar-refractivity contribution in [1.29, 1.82) is 0 Å². The molecule has 2 N–H and O–H groups in total. The van der Waals surface area contributed by atoms with E-state index in [9.17, 15) is 22.4 Å². The molecule has 0 bridgehead atoms. The van der Waals surface area contributed by atoms with Gasteiger partial charge in [-0.2, -0.15) is 4.31 Å². The molecular formula is C17H17BrFN3O4S. The van der Waals surface area contributed by atoms with E-state index >= 15 is 0 Å². The number of anilines is 1. The predicted octanol–water partition coefficient (Wildman–Crippen LogP) is 1.96. The number of rotatable bonds is 7. The molecule has 7 nitrogen and oxygen atoms in total. The van der Waals surface area contributed by atoms with Crippen LogP contribution in [0.4, 0.5) is 10.1 Å². The van der Waals surface area contributed by atoms with Gasteiger partial charge in [-0.25, -0.2) is 12.8 Å². The van der Waals surface area contributed by atoms with Gasteiger partial charge in [-0.1, -0.05) is 12.1 Å². The summed E-state index contributed by atoms with van der Waals surface area (Å²) in [6.07, 6.45) is 0. The van der Waals surface area contributed by atoms with E-state index in [1.165, 1.54) is 7.05 Å². The summed E-state index contributed by atoms with van der Waals surface area (Å²) in [6.45, 7) is -0.799. The lowest BCUT2D eigenvalue weighted by Crippen LogP contribution is -2.41. The first-order valence-corrected chi connectivity index (χ1v) is 9.96. The molecule has 0 fully saturated rings. The molecule has 0 heterocycles. The van der Waals surface area contributed by atoms with E-state index in [2.05, 4.69) is 26.6 Å². The molecule has 0 atom stereocenters. The van der Waals surface area contributed by atoms with Crippen LogP contribution in [0.2, 0.25) is 0 Å². The fourth-order valence-electron chi connectivity index (χ4n) is 2.07. The molecule has 2 aromatic carbocycles. The Morgan fingerprint density at radius 3 is 2.33 bits per heavy atom. The SMILES string of the molecule is CN(CC(=O)NCC(=O)Nc1ccccc1Br)S(=O)(=O)c1ccc(F)cc1. The van der Waals surface area contributed by atoms with Gasteiger partial charge in [0.2, 0.25) is 21.8 Å². The van der Waals surface area contributed by atoms with Gasteiger partial charge < -0.3 is 10.6 Å². The average molecular weight is 458 g/mol. The highest BCUT2D eigenvalue weighted by Crippen LogP contribution is 2.20. The molecule has 2 aromatic rings. The predicted molar refractivity (Wildman–Crippen MR) is 102 cm³/mol. The monoisotopic (exact) mass is 457 g/mol. The number of hydrogen-bond donors (Lipinski definition) is 2. The third kappa shape index (κ3) is 5.84. The van der Waals surface area contributed by atoms with Crippen molar-refractivity contribution in [1.82, 2.24) is 9.62 Å². The van der Waals surface area contributed by atoms with Crippen LogP contribution in [0, 0.1) is 5.82 Å². The van der Waals surface area contributed by atoms with Gasteiger partial charge in [0.25, 0.3) is 0 Å². The third-order valence-corrected chi connectivity index (χ3v) is 5.99. The van der Waals surface area contributed by atoms with E-state index < -0.39 is 34.2 Å². The molecule has 0 aliphatic rings. The minimum atomic E-state index is -3.94. The second-order valence-corrected chi connectivity index (χ2v) is 8.42. The Bertz CT molecular complexity index is 935. The largest absolute Gasteiger partial charge is 0.346 e. The maximum absolute atomic E-state index is 12.9. The number of nitrogens with one attached hydrogen (secondary N) is 2. The van der Waals surface area contributed by atoms with Gasteiger partial charge in [0.1, 0.15) is 5.82 Å². The van der Waals surface area contributed by atoms with Crippen LogP contribution in [0.25, 0.3) is 0 Å². The van der Waals surface area contributed by atoms with Crippen molar-refractivity contribution in [3.63, 3.8) is 0 Å². The van der Waals surface area contributed by atoms with E-state index in [0.29, 0.717) is 10.2 Å². The fourth-order valence-corrected chi connectivity index (χ4v) is 3.58. The molecular weight excluding hydrogens is 441 g/mol. The van der Waals surface area contributed by atoms with Crippen molar-refractivity contribution < 1.29 is 22.4 Å². The molecule has 2 amide bonds. The number of para-hydroxylation sites is 1. The van der Waals surface area contributed by atoms with Crippen LogP contribution in [0.15, 0.2) is 57.9 Å². The number of nitrogens with zero attached hydrogens (tertiary/aromatic N) is 1. The normalized spacial score (nSPS) is 11.3. The first-order chi connectivity index (χ1) is 12.7. The Balaban J connectivity index is 1.88. The molecule has 0 unspecified atom stereocenters. The van der Waals surface area contributed by atoms with Gasteiger partial charge in [-0.05, 0) is 52.3 Å². The fraction of sp³-hybridized carbons (Fsp3) is 0.176. The number of amides is 2. The minimum Gasteiger partial charge on any atom is -0.346 e. The number of hydrogen-bond acceptors (Lipinski definition) is 4. The van der Waals surface area contributed by atoms with Crippen LogP contribution in [-0.4, -0.2) is 44.7 Å². The van der Waals surface area contributed by atoms with Gasteiger partial charge in [0.05, 0.1) is 23.7 Å². The molecule has 0 spiro atoms. The molecule has 0 aliphatic carbocycles. The summed E-state index contributed by atoms with van der Waals surface area (Å²) in [4.78, 5) is 23.7. The molecule has 27 heavy (non-hydrogen) atoms. The second kappa shape index (κ2) is 9.07. The van der Waals surface area contributed by atoms with Crippen molar-refractivity contribution in [3.05, 3.63) is 58.8 Å². The molecule has 0 saturated heterocycles. The Hall–Kier alpha value is -2.30. The number of halogens is 2. The van der Waals surface area contributed by atoms with Crippen molar-refractivity contribution >= 4 is 43.5 Å². The van der Waals surface area contributed by atoms with Crippen LogP contribution in [0.1, 0.15) is 0 Å².